The second kappa shape index (κ2) is 6.45. The number of aromatic nitrogens is 2. The molecule has 0 N–H and O–H groups in total. The van der Waals surface area contributed by atoms with Crippen molar-refractivity contribution in [1.29, 1.82) is 0 Å². The number of rotatable bonds is 3. The predicted octanol–water partition coefficient (Wildman–Crippen LogP) is 3.48. The van der Waals surface area contributed by atoms with Crippen molar-refractivity contribution < 1.29 is 23.8 Å². The molecule has 0 aliphatic heterocycles. The van der Waals surface area contributed by atoms with Crippen molar-refractivity contribution in [3.8, 4) is 5.88 Å². The molecule has 0 saturated heterocycles. The van der Waals surface area contributed by atoms with E-state index in [4.69, 9.17) is 25.8 Å². The van der Waals surface area contributed by atoms with Crippen molar-refractivity contribution in [2.24, 2.45) is 0 Å². The Morgan fingerprint density at radius 3 is 2.61 bits per heavy atom. The molecule has 2 heterocycles. The molecular weight excluding hydrogens is 324 g/mol. The fourth-order valence-electron chi connectivity index (χ4n) is 1.83. The summed E-state index contributed by atoms with van der Waals surface area (Å²) < 4.78 is 16.4. The highest BCUT2D eigenvalue weighted by Crippen LogP contribution is 2.27. The molecule has 0 unspecified atom stereocenters. The lowest BCUT2D eigenvalue weighted by Gasteiger charge is -2.18. The second-order valence-corrected chi connectivity index (χ2v) is 6.00. The van der Waals surface area contributed by atoms with Crippen molar-refractivity contribution in [2.75, 3.05) is 6.61 Å². The van der Waals surface area contributed by atoms with Crippen molar-refractivity contribution in [2.45, 2.75) is 33.3 Å². The summed E-state index contributed by atoms with van der Waals surface area (Å²) in [5.41, 5.74) is -0.354. The van der Waals surface area contributed by atoms with Gasteiger partial charge < -0.3 is 14.2 Å². The SMILES string of the molecule is CCOC(=O)c1c(OC(=O)OC(C)(C)C)nn2c(Cl)cccc12. The first-order valence-corrected chi connectivity index (χ1v) is 7.36. The summed E-state index contributed by atoms with van der Waals surface area (Å²) >= 11 is 6.04. The lowest BCUT2D eigenvalue weighted by Crippen LogP contribution is -2.26. The van der Waals surface area contributed by atoms with Gasteiger partial charge in [0.05, 0.1) is 12.1 Å². The lowest BCUT2D eigenvalue weighted by molar-refractivity contribution is 0.0193. The van der Waals surface area contributed by atoms with E-state index in [-0.39, 0.29) is 23.2 Å². The second-order valence-electron chi connectivity index (χ2n) is 5.61. The van der Waals surface area contributed by atoms with Gasteiger partial charge in [-0.05, 0) is 39.8 Å². The van der Waals surface area contributed by atoms with Gasteiger partial charge in [0.2, 0.25) is 0 Å². The Bertz CT molecular complexity index is 748. The molecule has 0 amide bonds. The van der Waals surface area contributed by atoms with Gasteiger partial charge in [-0.1, -0.05) is 17.7 Å². The van der Waals surface area contributed by atoms with Crippen LogP contribution in [-0.4, -0.2) is 33.9 Å². The molecule has 124 valence electrons. The van der Waals surface area contributed by atoms with Crippen LogP contribution in [0.15, 0.2) is 18.2 Å². The molecule has 2 rings (SSSR count). The first-order chi connectivity index (χ1) is 10.7. The summed E-state index contributed by atoms with van der Waals surface area (Å²) in [6.45, 7) is 6.93. The third-order valence-corrected chi connectivity index (χ3v) is 2.91. The number of hydrogen-bond donors (Lipinski definition) is 0. The maximum absolute atomic E-state index is 12.2. The number of ether oxygens (including phenoxy) is 3. The molecule has 0 spiro atoms. The Hall–Kier alpha value is -2.28. The monoisotopic (exact) mass is 340 g/mol. The summed E-state index contributed by atoms with van der Waals surface area (Å²) in [7, 11) is 0. The largest absolute Gasteiger partial charge is 0.515 e. The summed E-state index contributed by atoms with van der Waals surface area (Å²) in [6, 6.07) is 4.86. The molecule has 0 saturated carbocycles. The summed E-state index contributed by atoms with van der Waals surface area (Å²) in [6.07, 6.45) is -0.970. The zero-order chi connectivity index (χ0) is 17.2. The third kappa shape index (κ3) is 3.92. The minimum absolute atomic E-state index is 0.0141. The molecule has 2 aromatic heterocycles. The fraction of sp³-hybridized carbons (Fsp3) is 0.400. The highest BCUT2D eigenvalue weighted by molar-refractivity contribution is 6.29. The van der Waals surface area contributed by atoms with Gasteiger partial charge in [0.15, 0.2) is 0 Å². The maximum Gasteiger partial charge on any atom is 0.515 e. The van der Waals surface area contributed by atoms with Gasteiger partial charge in [0.25, 0.3) is 5.88 Å². The van der Waals surface area contributed by atoms with Crippen LogP contribution in [-0.2, 0) is 9.47 Å². The van der Waals surface area contributed by atoms with E-state index in [1.165, 1.54) is 4.52 Å². The van der Waals surface area contributed by atoms with Crippen LogP contribution in [0.1, 0.15) is 38.1 Å². The van der Waals surface area contributed by atoms with Gasteiger partial charge in [-0.2, -0.15) is 0 Å². The molecule has 0 radical (unpaired) electrons. The molecule has 0 aromatic carbocycles. The normalized spacial score (nSPS) is 11.3. The Labute approximate surface area is 138 Å². The van der Waals surface area contributed by atoms with Crippen molar-refractivity contribution in [1.82, 2.24) is 9.61 Å². The van der Waals surface area contributed by atoms with Gasteiger partial charge >= 0.3 is 12.1 Å². The summed E-state index contributed by atoms with van der Waals surface area (Å²) in [4.78, 5) is 24.0. The number of carbonyl (C=O) groups is 2. The molecule has 0 atom stereocenters. The minimum atomic E-state index is -0.970. The standard InChI is InChI=1S/C15H17ClN2O5/c1-5-21-13(19)11-9-7-6-8-10(16)18(9)17-12(11)22-14(20)23-15(2,3)4/h6-8H,5H2,1-4H3. The van der Waals surface area contributed by atoms with Crippen LogP contribution in [0.2, 0.25) is 5.15 Å². The highest BCUT2D eigenvalue weighted by atomic mass is 35.5. The number of esters is 1. The lowest BCUT2D eigenvalue weighted by atomic mass is 10.2. The quantitative estimate of drug-likeness (QED) is 0.628. The van der Waals surface area contributed by atoms with Crippen LogP contribution in [0.5, 0.6) is 5.88 Å². The van der Waals surface area contributed by atoms with Gasteiger partial charge in [-0.3, -0.25) is 0 Å². The zero-order valence-corrected chi connectivity index (χ0v) is 14.0. The number of nitrogens with zero attached hydrogens (tertiary/aromatic N) is 2. The molecule has 0 bridgehead atoms. The Morgan fingerprint density at radius 2 is 2.00 bits per heavy atom. The van der Waals surface area contributed by atoms with E-state index in [0.717, 1.165) is 0 Å². The molecular formula is C15H17ClN2O5. The van der Waals surface area contributed by atoms with E-state index in [2.05, 4.69) is 5.10 Å². The maximum atomic E-state index is 12.2. The summed E-state index contributed by atoms with van der Waals surface area (Å²) in [5, 5.41) is 4.30. The van der Waals surface area contributed by atoms with Crippen LogP contribution in [0, 0.1) is 0 Å². The minimum Gasteiger partial charge on any atom is -0.462 e. The van der Waals surface area contributed by atoms with Crippen molar-refractivity contribution >= 4 is 29.2 Å². The first kappa shape index (κ1) is 17.1. The topological polar surface area (TPSA) is 79.1 Å². The van der Waals surface area contributed by atoms with E-state index in [9.17, 15) is 9.59 Å². The number of pyridine rings is 1. The van der Waals surface area contributed by atoms with Crippen LogP contribution >= 0.6 is 11.6 Å². The van der Waals surface area contributed by atoms with Crippen LogP contribution in [0.3, 0.4) is 0 Å². The van der Waals surface area contributed by atoms with Gasteiger partial charge in [0, 0.05) is 0 Å². The van der Waals surface area contributed by atoms with E-state index < -0.39 is 17.7 Å². The smallest absolute Gasteiger partial charge is 0.462 e. The summed E-state index contributed by atoms with van der Waals surface area (Å²) in [5.74, 6) is -0.880. The highest BCUT2D eigenvalue weighted by Gasteiger charge is 2.27. The Kier molecular flexibility index (Phi) is 4.79. The van der Waals surface area contributed by atoms with Gasteiger partial charge in [0.1, 0.15) is 16.3 Å². The van der Waals surface area contributed by atoms with Crippen LogP contribution in [0.4, 0.5) is 4.79 Å². The van der Waals surface area contributed by atoms with Crippen molar-refractivity contribution in [3.63, 3.8) is 0 Å². The van der Waals surface area contributed by atoms with E-state index >= 15 is 0 Å². The molecule has 2 aromatic rings. The first-order valence-electron chi connectivity index (χ1n) is 6.98. The van der Waals surface area contributed by atoms with E-state index in [0.29, 0.717) is 5.52 Å². The Morgan fingerprint density at radius 1 is 1.30 bits per heavy atom. The molecule has 23 heavy (non-hydrogen) atoms. The Balaban J connectivity index is 2.45. The molecule has 7 nitrogen and oxygen atoms in total. The van der Waals surface area contributed by atoms with Crippen molar-refractivity contribution in [3.05, 3.63) is 28.9 Å². The third-order valence-electron chi connectivity index (χ3n) is 2.63. The predicted molar refractivity (Wildman–Crippen MR) is 83.0 cm³/mol. The van der Waals surface area contributed by atoms with Crippen LogP contribution < -0.4 is 4.74 Å². The van der Waals surface area contributed by atoms with E-state index in [1.54, 1.807) is 45.9 Å². The fourth-order valence-corrected chi connectivity index (χ4v) is 2.03. The molecule has 0 aliphatic carbocycles. The number of carbonyl (C=O) groups excluding carboxylic acids is 2. The van der Waals surface area contributed by atoms with Crippen LogP contribution in [0.25, 0.3) is 5.52 Å². The van der Waals surface area contributed by atoms with Gasteiger partial charge in [-0.25, -0.2) is 14.1 Å². The molecule has 0 aliphatic rings. The molecule has 8 heteroatoms. The number of fused-ring (bicyclic) bond motifs is 1. The average Bonchev–Trinajstić information content (AvgIpc) is 2.76. The average molecular weight is 341 g/mol. The number of hydrogen-bond acceptors (Lipinski definition) is 6. The van der Waals surface area contributed by atoms with Gasteiger partial charge in [-0.15, -0.1) is 5.10 Å². The van der Waals surface area contributed by atoms with E-state index in [1.807, 2.05) is 0 Å². The molecule has 0 fully saturated rings. The zero-order valence-electron chi connectivity index (χ0n) is 13.3. The number of halogens is 1.